The molecule has 3 nitrogen and oxygen atoms in total. The van der Waals surface area contributed by atoms with Crippen molar-refractivity contribution in [2.24, 2.45) is 4.36 Å². The lowest BCUT2D eigenvalue weighted by Crippen LogP contribution is -2.22. The second-order valence-electron chi connectivity index (χ2n) is 3.44. The molecule has 0 aliphatic carbocycles. The molecule has 82 valence electrons. The summed E-state index contributed by atoms with van der Waals surface area (Å²) < 4.78 is 21.1. The van der Waals surface area contributed by atoms with E-state index < -0.39 is 9.73 Å². The molecule has 0 radical (unpaired) electrons. The Bertz CT molecular complexity index is 482. The van der Waals surface area contributed by atoms with Crippen molar-refractivity contribution < 1.29 is 8.95 Å². The van der Waals surface area contributed by atoms with Crippen LogP contribution in [-0.2, 0) is 9.73 Å². The van der Waals surface area contributed by atoms with Crippen molar-refractivity contribution in [2.45, 2.75) is 6.42 Å². The van der Waals surface area contributed by atoms with E-state index in [1.54, 1.807) is 25.3 Å². The number of halogens is 1. The Morgan fingerprint density at radius 3 is 2.67 bits per heavy atom. The Morgan fingerprint density at radius 2 is 2.20 bits per heavy atom. The van der Waals surface area contributed by atoms with Crippen LogP contribution in [0.1, 0.15) is 6.42 Å². The number of hydrogen-bond donors (Lipinski definition) is 0. The summed E-state index contributed by atoms with van der Waals surface area (Å²) in [6, 6.07) is 5.20. The summed E-state index contributed by atoms with van der Waals surface area (Å²) in [6.45, 7) is 0. The molecular formula is C10H12ClNO2S. The van der Waals surface area contributed by atoms with Crippen molar-refractivity contribution in [1.29, 1.82) is 0 Å². The van der Waals surface area contributed by atoms with E-state index in [9.17, 15) is 4.21 Å². The second-order valence-corrected chi connectivity index (χ2v) is 6.40. The van der Waals surface area contributed by atoms with E-state index in [1.807, 2.05) is 0 Å². The number of rotatable bonds is 2. The van der Waals surface area contributed by atoms with Gasteiger partial charge in [-0.25, -0.2) is 4.21 Å². The van der Waals surface area contributed by atoms with Crippen LogP contribution in [0.4, 0.5) is 5.69 Å². The lowest BCUT2D eigenvalue weighted by molar-refractivity contribution is 0.415. The fraction of sp³-hybridized carbons (Fsp3) is 0.400. The molecule has 0 atom stereocenters. The molecule has 5 heteroatoms. The lowest BCUT2D eigenvalue weighted by atomic mass is 10.3. The molecule has 0 aromatic heterocycles. The first-order valence-electron chi connectivity index (χ1n) is 4.69. The van der Waals surface area contributed by atoms with Crippen molar-refractivity contribution >= 4 is 27.0 Å². The molecule has 0 bridgehead atoms. The SMILES string of the molecule is COc1ccc(N=S2(=O)CCC2)cc1Cl. The van der Waals surface area contributed by atoms with Gasteiger partial charge in [-0.1, -0.05) is 11.6 Å². The predicted molar refractivity (Wildman–Crippen MR) is 62.6 cm³/mol. The number of benzene rings is 1. The van der Waals surface area contributed by atoms with Gasteiger partial charge in [0.2, 0.25) is 0 Å². The molecule has 1 aromatic rings. The molecule has 15 heavy (non-hydrogen) atoms. The van der Waals surface area contributed by atoms with Gasteiger partial charge in [0.1, 0.15) is 5.75 Å². The minimum absolute atomic E-state index is 0.501. The minimum atomic E-state index is -1.95. The average molecular weight is 246 g/mol. The number of hydrogen-bond acceptors (Lipinski definition) is 3. The van der Waals surface area contributed by atoms with E-state index in [4.69, 9.17) is 16.3 Å². The van der Waals surface area contributed by atoms with Gasteiger partial charge >= 0.3 is 0 Å². The highest BCUT2D eigenvalue weighted by Crippen LogP contribution is 2.30. The van der Waals surface area contributed by atoms with Crippen LogP contribution in [0.3, 0.4) is 0 Å². The molecule has 0 unspecified atom stereocenters. The summed E-state index contributed by atoms with van der Waals surface area (Å²) in [6.07, 6.45) is 1.01. The molecule has 2 rings (SSSR count). The highest BCUT2D eigenvalue weighted by Gasteiger charge is 2.19. The quantitative estimate of drug-likeness (QED) is 0.804. The van der Waals surface area contributed by atoms with E-state index in [1.165, 1.54) is 0 Å². The number of nitrogens with zero attached hydrogens (tertiary/aromatic N) is 1. The Hall–Kier alpha value is -0.740. The van der Waals surface area contributed by atoms with Crippen molar-refractivity contribution in [3.63, 3.8) is 0 Å². The number of ether oxygens (including phenoxy) is 1. The Balaban J connectivity index is 2.35. The van der Waals surface area contributed by atoms with E-state index in [0.717, 1.165) is 6.42 Å². The monoisotopic (exact) mass is 245 g/mol. The van der Waals surface area contributed by atoms with Crippen LogP contribution in [0.5, 0.6) is 5.75 Å². The third-order valence-corrected chi connectivity index (χ3v) is 5.03. The van der Waals surface area contributed by atoms with Crippen LogP contribution < -0.4 is 4.74 Å². The van der Waals surface area contributed by atoms with E-state index >= 15 is 0 Å². The molecule has 0 N–H and O–H groups in total. The van der Waals surface area contributed by atoms with Gasteiger partial charge in [-0.2, -0.15) is 4.36 Å². The third kappa shape index (κ3) is 2.26. The molecule has 0 spiro atoms. The zero-order valence-electron chi connectivity index (χ0n) is 8.40. The van der Waals surface area contributed by atoms with Crippen molar-refractivity contribution in [1.82, 2.24) is 0 Å². The lowest BCUT2D eigenvalue weighted by Gasteiger charge is -2.17. The van der Waals surface area contributed by atoms with Crippen molar-refractivity contribution in [3.05, 3.63) is 23.2 Å². The summed E-state index contributed by atoms with van der Waals surface area (Å²) in [5.74, 6) is 2.02. The topological polar surface area (TPSA) is 38.7 Å². The summed E-state index contributed by atoms with van der Waals surface area (Å²) >= 11 is 5.94. The van der Waals surface area contributed by atoms with E-state index in [-0.39, 0.29) is 0 Å². The first-order valence-corrected chi connectivity index (χ1v) is 6.92. The fourth-order valence-electron chi connectivity index (χ4n) is 1.39. The van der Waals surface area contributed by atoms with Gasteiger partial charge in [-0.15, -0.1) is 0 Å². The molecule has 0 amide bonds. The van der Waals surface area contributed by atoms with Gasteiger partial charge in [-0.05, 0) is 24.6 Å². The molecule has 1 aromatic carbocycles. The molecule has 1 aliphatic rings. The summed E-state index contributed by atoms with van der Waals surface area (Å²) in [4.78, 5) is 0. The summed E-state index contributed by atoms with van der Waals surface area (Å²) in [7, 11) is -0.393. The van der Waals surface area contributed by atoms with Crippen LogP contribution in [0.15, 0.2) is 22.6 Å². The van der Waals surface area contributed by atoms with Gasteiger partial charge in [0.15, 0.2) is 0 Å². The first-order chi connectivity index (χ1) is 7.13. The minimum Gasteiger partial charge on any atom is -0.495 e. The van der Waals surface area contributed by atoms with Gasteiger partial charge in [0.25, 0.3) is 0 Å². The van der Waals surface area contributed by atoms with E-state index in [0.29, 0.717) is 28.0 Å². The highest BCUT2D eigenvalue weighted by molar-refractivity contribution is 7.95. The highest BCUT2D eigenvalue weighted by atomic mass is 35.5. The average Bonchev–Trinajstić information content (AvgIpc) is 2.16. The Labute approximate surface area is 94.6 Å². The van der Waals surface area contributed by atoms with Crippen molar-refractivity contribution in [2.75, 3.05) is 18.6 Å². The summed E-state index contributed by atoms with van der Waals surface area (Å²) in [5, 5.41) is 0.501. The molecule has 1 aliphatic heterocycles. The Kier molecular flexibility index (Phi) is 2.89. The molecule has 0 saturated carbocycles. The largest absolute Gasteiger partial charge is 0.495 e. The smallest absolute Gasteiger partial charge is 0.137 e. The standard InChI is InChI=1S/C10H12ClNO2S/c1-14-10-4-3-8(7-9(10)11)12-15(13)5-2-6-15/h3-4,7H,2,5-6H2,1H3. The molecular weight excluding hydrogens is 234 g/mol. The Morgan fingerprint density at radius 1 is 1.47 bits per heavy atom. The maximum Gasteiger partial charge on any atom is 0.137 e. The maximum atomic E-state index is 11.8. The van der Waals surface area contributed by atoms with Crippen LogP contribution in [0.25, 0.3) is 0 Å². The second kappa shape index (κ2) is 4.02. The first kappa shape index (κ1) is 10.8. The maximum absolute atomic E-state index is 11.8. The van der Waals surface area contributed by atoms with E-state index in [2.05, 4.69) is 4.36 Å². The predicted octanol–water partition coefficient (Wildman–Crippen LogP) is 2.85. The zero-order chi connectivity index (χ0) is 10.9. The van der Waals surface area contributed by atoms with Gasteiger partial charge in [-0.3, -0.25) is 0 Å². The number of methoxy groups -OCH3 is 1. The van der Waals surface area contributed by atoms with Gasteiger partial charge in [0.05, 0.1) is 27.5 Å². The van der Waals surface area contributed by atoms with Gasteiger partial charge in [0, 0.05) is 11.5 Å². The van der Waals surface area contributed by atoms with Crippen molar-refractivity contribution in [3.8, 4) is 5.75 Å². The van der Waals surface area contributed by atoms with Crippen LogP contribution in [0, 0.1) is 0 Å². The molecule has 1 heterocycles. The zero-order valence-corrected chi connectivity index (χ0v) is 9.98. The van der Waals surface area contributed by atoms with Crippen LogP contribution >= 0.6 is 11.6 Å². The van der Waals surface area contributed by atoms with Crippen LogP contribution in [0.2, 0.25) is 5.02 Å². The molecule has 1 fully saturated rings. The van der Waals surface area contributed by atoms with Gasteiger partial charge < -0.3 is 4.74 Å². The van der Waals surface area contributed by atoms with Crippen LogP contribution in [-0.4, -0.2) is 22.8 Å². The third-order valence-electron chi connectivity index (χ3n) is 2.33. The summed E-state index contributed by atoms with van der Waals surface area (Å²) in [5.41, 5.74) is 0.672. The molecule has 1 saturated heterocycles. The fourth-order valence-corrected chi connectivity index (χ4v) is 3.10. The normalized spacial score (nSPS) is 18.0.